The summed E-state index contributed by atoms with van der Waals surface area (Å²) in [5.41, 5.74) is -0.0675. The number of alkyl halides is 3. The molecule has 0 radical (unpaired) electrons. The fourth-order valence-corrected chi connectivity index (χ4v) is 2.73. The second-order valence-electron chi connectivity index (χ2n) is 6.32. The summed E-state index contributed by atoms with van der Waals surface area (Å²) < 4.78 is 98.0. The van der Waals surface area contributed by atoms with Gasteiger partial charge in [-0.2, -0.15) is 22.0 Å². The standard InChI is InChI=1S/C22H13F7O/c1-12(14-5-3-2-4-6-14)11-13-7-9-15(10-8-13)30-21-19(25)17(23)16(22(27,28)29)18(24)20(21)26/h2-11H,1H3. The summed E-state index contributed by atoms with van der Waals surface area (Å²) in [6, 6.07) is 15.0. The summed E-state index contributed by atoms with van der Waals surface area (Å²) in [4.78, 5) is 0. The molecule has 0 unspecified atom stereocenters. The van der Waals surface area contributed by atoms with Crippen LogP contribution < -0.4 is 4.74 Å². The first-order valence-corrected chi connectivity index (χ1v) is 8.54. The predicted molar refractivity (Wildman–Crippen MR) is 97.8 cm³/mol. The molecule has 0 N–H and O–H groups in total. The lowest BCUT2D eigenvalue weighted by Gasteiger charge is -2.14. The van der Waals surface area contributed by atoms with E-state index in [1.54, 1.807) is 0 Å². The summed E-state index contributed by atoms with van der Waals surface area (Å²) in [7, 11) is 0. The molecule has 0 saturated carbocycles. The Kier molecular flexibility index (Phi) is 5.87. The summed E-state index contributed by atoms with van der Waals surface area (Å²) in [6.07, 6.45) is -3.79. The topological polar surface area (TPSA) is 9.23 Å². The van der Waals surface area contributed by atoms with Crippen LogP contribution in [-0.4, -0.2) is 0 Å². The molecular weight excluding hydrogens is 413 g/mol. The molecule has 0 atom stereocenters. The van der Waals surface area contributed by atoms with Crippen molar-refractivity contribution < 1.29 is 35.5 Å². The van der Waals surface area contributed by atoms with Gasteiger partial charge < -0.3 is 4.74 Å². The minimum Gasteiger partial charge on any atom is -0.451 e. The average molecular weight is 426 g/mol. The maximum absolute atomic E-state index is 13.9. The van der Waals surface area contributed by atoms with E-state index in [1.165, 1.54) is 24.3 Å². The molecule has 3 aromatic rings. The summed E-state index contributed by atoms with van der Waals surface area (Å²) in [6.45, 7) is 1.87. The van der Waals surface area contributed by atoms with Gasteiger partial charge in [0.2, 0.25) is 17.4 Å². The van der Waals surface area contributed by atoms with Crippen molar-refractivity contribution in [2.24, 2.45) is 0 Å². The first-order valence-electron chi connectivity index (χ1n) is 8.54. The Morgan fingerprint density at radius 1 is 0.767 bits per heavy atom. The van der Waals surface area contributed by atoms with Crippen LogP contribution in [0.15, 0.2) is 54.6 Å². The number of halogens is 7. The Labute approximate surface area is 167 Å². The maximum Gasteiger partial charge on any atom is 0.422 e. The van der Waals surface area contributed by atoms with Gasteiger partial charge in [-0.25, -0.2) is 8.78 Å². The van der Waals surface area contributed by atoms with Crippen molar-refractivity contribution in [3.63, 3.8) is 0 Å². The van der Waals surface area contributed by atoms with E-state index in [9.17, 15) is 30.7 Å². The molecule has 0 bridgehead atoms. The van der Waals surface area contributed by atoms with Gasteiger partial charge in [-0.05, 0) is 35.8 Å². The van der Waals surface area contributed by atoms with Crippen molar-refractivity contribution in [1.29, 1.82) is 0 Å². The zero-order valence-electron chi connectivity index (χ0n) is 15.3. The summed E-state index contributed by atoms with van der Waals surface area (Å²) in [5.74, 6) is -11.5. The highest BCUT2D eigenvalue weighted by Gasteiger charge is 2.42. The van der Waals surface area contributed by atoms with Crippen molar-refractivity contribution in [3.05, 3.63) is 94.6 Å². The molecule has 3 rings (SSSR count). The van der Waals surface area contributed by atoms with E-state index < -0.39 is 40.8 Å². The van der Waals surface area contributed by atoms with Crippen LogP contribution in [0, 0.1) is 23.3 Å². The number of hydrogen-bond acceptors (Lipinski definition) is 1. The third-order valence-electron chi connectivity index (χ3n) is 4.22. The van der Waals surface area contributed by atoms with E-state index in [-0.39, 0.29) is 5.75 Å². The van der Waals surface area contributed by atoms with Crippen molar-refractivity contribution in [2.45, 2.75) is 13.1 Å². The third kappa shape index (κ3) is 4.32. The SMILES string of the molecule is CC(=Cc1ccc(Oc2c(F)c(F)c(C(F)(F)F)c(F)c2F)cc1)c1ccccc1. The minimum atomic E-state index is -5.61. The number of hydrogen-bond donors (Lipinski definition) is 0. The number of rotatable bonds is 4. The number of ether oxygens (including phenoxy) is 1. The molecule has 0 aliphatic rings. The van der Waals surface area contributed by atoms with Crippen molar-refractivity contribution in [1.82, 2.24) is 0 Å². The van der Waals surface area contributed by atoms with Gasteiger partial charge in [-0.1, -0.05) is 48.5 Å². The number of benzene rings is 3. The molecule has 0 fully saturated rings. The Balaban J connectivity index is 1.89. The second-order valence-corrected chi connectivity index (χ2v) is 6.32. The van der Waals surface area contributed by atoms with Gasteiger partial charge >= 0.3 is 6.18 Å². The van der Waals surface area contributed by atoms with Crippen LogP contribution in [-0.2, 0) is 6.18 Å². The largest absolute Gasteiger partial charge is 0.451 e. The van der Waals surface area contributed by atoms with Gasteiger partial charge in [-0.15, -0.1) is 0 Å². The molecule has 156 valence electrons. The lowest BCUT2D eigenvalue weighted by atomic mass is 10.0. The Morgan fingerprint density at radius 2 is 1.30 bits per heavy atom. The van der Waals surface area contributed by atoms with Crippen LogP contribution in [0.4, 0.5) is 30.7 Å². The van der Waals surface area contributed by atoms with Crippen LogP contribution in [0.1, 0.15) is 23.6 Å². The van der Waals surface area contributed by atoms with Gasteiger partial charge in [0.15, 0.2) is 11.6 Å². The molecule has 0 aliphatic heterocycles. The zero-order chi connectivity index (χ0) is 22.1. The monoisotopic (exact) mass is 426 g/mol. The van der Waals surface area contributed by atoms with Gasteiger partial charge in [-0.3, -0.25) is 0 Å². The second kappa shape index (κ2) is 8.22. The Morgan fingerprint density at radius 3 is 1.80 bits per heavy atom. The van der Waals surface area contributed by atoms with E-state index in [0.29, 0.717) is 5.56 Å². The van der Waals surface area contributed by atoms with Crippen LogP contribution in [0.5, 0.6) is 11.5 Å². The van der Waals surface area contributed by atoms with Gasteiger partial charge in [0, 0.05) is 0 Å². The normalized spacial score (nSPS) is 12.2. The lowest BCUT2D eigenvalue weighted by molar-refractivity contribution is -0.143. The van der Waals surface area contributed by atoms with Crippen LogP contribution in [0.2, 0.25) is 0 Å². The van der Waals surface area contributed by atoms with E-state index in [0.717, 1.165) is 11.1 Å². The van der Waals surface area contributed by atoms with Gasteiger partial charge in [0.25, 0.3) is 0 Å². The van der Waals surface area contributed by atoms with E-state index in [2.05, 4.69) is 0 Å². The molecule has 0 aromatic heterocycles. The Hall–Kier alpha value is -3.29. The molecule has 1 nitrogen and oxygen atoms in total. The van der Waals surface area contributed by atoms with Crippen molar-refractivity contribution in [3.8, 4) is 11.5 Å². The van der Waals surface area contributed by atoms with E-state index in [4.69, 9.17) is 4.74 Å². The average Bonchev–Trinajstić information content (AvgIpc) is 2.70. The lowest BCUT2D eigenvalue weighted by Crippen LogP contribution is -2.15. The fourth-order valence-electron chi connectivity index (χ4n) is 2.73. The summed E-state index contributed by atoms with van der Waals surface area (Å²) in [5, 5.41) is 0. The molecule has 0 spiro atoms. The van der Waals surface area contributed by atoms with E-state index in [1.807, 2.05) is 43.3 Å². The van der Waals surface area contributed by atoms with Crippen LogP contribution in [0.3, 0.4) is 0 Å². The fraction of sp³-hybridized carbons (Fsp3) is 0.0909. The van der Waals surface area contributed by atoms with Crippen LogP contribution in [0.25, 0.3) is 11.6 Å². The van der Waals surface area contributed by atoms with Gasteiger partial charge in [0.1, 0.15) is 11.3 Å². The first-order chi connectivity index (χ1) is 14.1. The quantitative estimate of drug-likeness (QED) is 0.237. The predicted octanol–water partition coefficient (Wildman–Crippen LogP) is 7.61. The molecular formula is C22H13F7O. The minimum absolute atomic E-state index is 0.221. The highest BCUT2D eigenvalue weighted by atomic mass is 19.4. The molecule has 3 aromatic carbocycles. The third-order valence-corrected chi connectivity index (χ3v) is 4.22. The molecule has 30 heavy (non-hydrogen) atoms. The van der Waals surface area contributed by atoms with Crippen molar-refractivity contribution >= 4 is 11.6 Å². The van der Waals surface area contributed by atoms with Gasteiger partial charge in [0.05, 0.1) is 0 Å². The molecule has 0 aliphatic carbocycles. The summed E-state index contributed by atoms with van der Waals surface area (Å²) >= 11 is 0. The molecule has 0 saturated heterocycles. The molecule has 0 heterocycles. The highest BCUT2D eigenvalue weighted by molar-refractivity contribution is 5.80. The van der Waals surface area contributed by atoms with E-state index >= 15 is 0 Å². The van der Waals surface area contributed by atoms with Crippen molar-refractivity contribution in [2.75, 3.05) is 0 Å². The zero-order valence-corrected chi connectivity index (χ0v) is 15.3. The molecule has 0 amide bonds. The van der Waals surface area contributed by atoms with Crippen LogP contribution >= 0.6 is 0 Å². The number of allylic oxidation sites excluding steroid dienone is 1. The molecule has 8 heteroatoms. The first kappa shape index (κ1) is 21.4. The smallest absolute Gasteiger partial charge is 0.422 e. The Bertz CT molecular complexity index is 1060. The highest BCUT2D eigenvalue weighted by Crippen LogP contribution is 2.40. The maximum atomic E-state index is 13.9.